The first kappa shape index (κ1) is 15.8. The number of aryl methyl sites for hydroxylation is 1. The number of benzene rings is 1. The average Bonchev–Trinajstić information content (AvgIpc) is 2.91. The number of carbonyl (C=O) groups is 2. The first-order valence-corrected chi connectivity index (χ1v) is 9.32. The van der Waals surface area contributed by atoms with Crippen molar-refractivity contribution in [3.05, 3.63) is 29.8 Å². The van der Waals surface area contributed by atoms with Crippen molar-refractivity contribution in [2.45, 2.75) is 25.4 Å². The van der Waals surface area contributed by atoms with Crippen LogP contribution in [-0.4, -0.2) is 55.4 Å². The van der Waals surface area contributed by atoms with E-state index < -0.39 is 27.8 Å². The highest BCUT2D eigenvalue weighted by molar-refractivity contribution is 7.91. The number of rotatable bonds is 4. The Morgan fingerprint density at radius 3 is 2.39 bits per heavy atom. The quantitative estimate of drug-likeness (QED) is 0.790. The molecule has 2 unspecified atom stereocenters. The highest BCUT2D eigenvalue weighted by Gasteiger charge is 2.54. The van der Waals surface area contributed by atoms with Gasteiger partial charge in [0.1, 0.15) is 6.54 Å². The van der Waals surface area contributed by atoms with Crippen LogP contribution in [0.3, 0.4) is 0 Å². The van der Waals surface area contributed by atoms with Crippen LogP contribution in [0, 0.1) is 0 Å². The summed E-state index contributed by atoms with van der Waals surface area (Å²) in [6, 6.07) is 6.09. The van der Waals surface area contributed by atoms with Crippen LogP contribution < -0.4 is 10.6 Å². The molecule has 2 fully saturated rings. The van der Waals surface area contributed by atoms with Gasteiger partial charge in [0.05, 0.1) is 23.6 Å². The monoisotopic (exact) mass is 337 g/mol. The van der Waals surface area contributed by atoms with E-state index in [0.29, 0.717) is 5.69 Å². The summed E-state index contributed by atoms with van der Waals surface area (Å²) >= 11 is 0. The second-order valence-corrected chi connectivity index (χ2v) is 8.13. The smallest absolute Gasteiger partial charge is 0.325 e. The molecule has 8 heteroatoms. The third kappa shape index (κ3) is 2.78. The van der Waals surface area contributed by atoms with Gasteiger partial charge in [0, 0.05) is 5.69 Å². The normalized spacial score (nSPS) is 25.7. The van der Waals surface area contributed by atoms with Crippen LogP contribution in [0.2, 0.25) is 0 Å². The molecule has 2 aliphatic rings. The number of anilines is 1. The van der Waals surface area contributed by atoms with Crippen molar-refractivity contribution in [1.82, 2.24) is 4.90 Å². The molecule has 0 saturated carbocycles. The fourth-order valence-corrected chi connectivity index (χ4v) is 5.27. The van der Waals surface area contributed by atoms with Gasteiger partial charge in [-0.25, -0.2) is 13.2 Å². The summed E-state index contributed by atoms with van der Waals surface area (Å²) in [6.45, 7) is 1.77. The van der Waals surface area contributed by atoms with Gasteiger partial charge < -0.3 is 10.6 Å². The van der Waals surface area contributed by atoms with E-state index in [0.717, 1.165) is 12.0 Å². The van der Waals surface area contributed by atoms with Crippen LogP contribution >= 0.6 is 0 Å². The van der Waals surface area contributed by atoms with E-state index in [9.17, 15) is 18.0 Å². The zero-order valence-corrected chi connectivity index (χ0v) is 13.6. The van der Waals surface area contributed by atoms with Crippen molar-refractivity contribution >= 4 is 27.5 Å². The van der Waals surface area contributed by atoms with E-state index in [2.05, 4.69) is 0 Å². The molecule has 23 heavy (non-hydrogen) atoms. The Labute approximate surface area is 135 Å². The van der Waals surface area contributed by atoms with Crippen LogP contribution in [0.5, 0.6) is 0 Å². The maximum Gasteiger partial charge on any atom is 0.325 e. The van der Waals surface area contributed by atoms with Gasteiger partial charge in [0.25, 0.3) is 0 Å². The number of nitrogens with zero attached hydrogens (tertiary/aromatic N) is 2. The number of hydrogen-bond donors (Lipinski definition) is 1. The summed E-state index contributed by atoms with van der Waals surface area (Å²) in [5, 5.41) is 0. The molecule has 0 aromatic heterocycles. The van der Waals surface area contributed by atoms with Crippen molar-refractivity contribution in [2.75, 3.05) is 23.0 Å². The molecule has 0 bridgehead atoms. The Hall–Kier alpha value is -2.09. The van der Waals surface area contributed by atoms with Gasteiger partial charge >= 0.3 is 6.03 Å². The Kier molecular flexibility index (Phi) is 3.79. The molecule has 1 aromatic carbocycles. The van der Waals surface area contributed by atoms with Crippen molar-refractivity contribution in [3.8, 4) is 0 Å². The lowest BCUT2D eigenvalue weighted by Crippen LogP contribution is -2.42. The summed E-state index contributed by atoms with van der Waals surface area (Å²) in [5.74, 6) is -0.862. The van der Waals surface area contributed by atoms with Crippen LogP contribution in [0.1, 0.15) is 12.5 Å². The number of hydrogen-bond acceptors (Lipinski definition) is 4. The van der Waals surface area contributed by atoms with Crippen LogP contribution in [0.4, 0.5) is 10.5 Å². The molecule has 2 aliphatic heterocycles. The van der Waals surface area contributed by atoms with Gasteiger partial charge in [-0.2, -0.15) is 0 Å². The number of nitrogens with two attached hydrogens (primary N) is 1. The predicted octanol–water partition coefficient (Wildman–Crippen LogP) is 0.142. The van der Waals surface area contributed by atoms with Crippen LogP contribution in [0.15, 0.2) is 24.3 Å². The van der Waals surface area contributed by atoms with Gasteiger partial charge in [-0.05, 0) is 24.1 Å². The lowest BCUT2D eigenvalue weighted by atomic mass is 10.1. The number of fused-ring (bicyclic) bond motifs is 1. The summed E-state index contributed by atoms with van der Waals surface area (Å²) in [7, 11) is -3.24. The Morgan fingerprint density at radius 1 is 1.22 bits per heavy atom. The summed E-state index contributed by atoms with van der Waals surface area (Å²) in [5.41, 5.74) is 6.98. The molecule has 3 amide bonds. The Morgan fingerprint density at radius 2 is 1.83 bits per heavy atom. The molecule has 2 heterocycles. The molecular weight excluding hydrogens is 318 g/mol. The fraction of sp³-hybridized carbons (Fsp3) is 0.467. The molecule has 1 aromatic rings. The number of sulfone groups is 1. The van der Waals surface area contributed by atoms with Crippen molar-refractivity contribution < 1.29 is 18.0 Å². The highest BCUT2D eigenvalue weighted by atomic mass is 32.2. The van der Waals surface area contributed by atoms with E-state index in [1.54, 1.807) is 0 Å². The van der Waals surface area contributed by atoms with Gasteiger partial charge in [0.15, 0.2) is 9.84 Å². The molecule has 2 saturated heterocycles. The molecule has 2 N–H and O–H groups in total. The minimum absolute atomic E-state index is 0.0891. The molecule has 3 rings (SSSR count). The standard InChI is InChI=1S/C15H19N3O4S/c1-2-10-3-5-11(6-4-10)18-13-9-23(21,22)8-12(13)17(15(18)20)7-14(16)19/h3-6,12-13H,2,7-9H2,1H3,(H2,16,19). The van der Waals surface area contributed by atoms with E-state index in [-0.39, 0.29) is 24.1 Å². The van der Waals surface area contributed by atoms with Gasteiger partial charge in [-0.15, -0.1) is 0 Å². The molecule has 0 spiro atoms. The Bertz CT molecular complexity index is 744. The Balaban J connectivity index is 1.98. The minimum Gasteiger partial charge on any atom is -0.368 e. The van der Waals surface area contributed by atoms with Crippen molar-refractivity contribution in [1.29, 1.82) is 0 Å². The molecule has 0 aliphatic carbocycles. The van der Waals surface area contributed by atoms with Crippen molar-refractivity contribution in [2.24, 2.45) is 5.73 Å². The number of amides is 3. The van der Waals surface area contributed by atoms with E-state index in [1.807, 2.05) is 31.2 Å². The summed E-state index contributed by atoms with van der Waals surface area (Å²) < 4.78 is 24.0. The minimum atomic E-state index is -3.24. The van der Waals surface area contributed by atoms with Crippen LogP contribution in [0.25, 0.3) is 0 Å². The second kappa shape index (κ2) is 5.52. The van der Waals surface area contributed by atoms with Crippen LogP contribution in [-0.2, 0) is 21.1 Å². The first-order valence-electron chi connectivity index (χ1n) is 7.50. The van der Waals surface area contributed by atoms with Gasteiger partial charge in [0.2, 0.25) is 5.91 Å². The van der Waals surface area contributed by atoms with Crippen molar-refractivity contribution in [3.63, 3.8) is 0 Å². The number of carbonyl (C=O) groups excluding carboxylic acids is 2. The molecular formula is C15H19N3O4S. The fourth-order valence-electron chi connectivity index (χ4n) is 3.32. The third-order valence-corrected chi connectivity index (χ3v) is 6.13. The topological polar surface area (TPSA) is 101 Å². The second-order valence-electron chi connectivity index (χ2n) is 5.98. The van der Waals surface area contributed by atoms with Gasteiger partial charge in [-0.3, -0.25) is 9.69 Å². The number of urea groups is 1. The lowest BCUT2D eigenvalue weighted by Gasteiger charge is -2.22. The van der Waals surface area contributed by atoms with E-state index in [4.69, 9.17) is 5.73 Å². The summed E-state index contributed by atoms with van der Waals surface area (Å²) in [6.07, 6.45) is 0.877. The highest BCUT2D eigenvalue weighted by Crippen LogP contribution is 2.34. The maximum atomic E-state index is 12.7. The molecule has 2 atom stereocenters. The van der Waals surface area contributed by atoms with E-state index >= 15 is 0 Å². The molecule has 7 nitrogen and oxygen atoms in total. The van der Waals surface area contributed by atoms with Gasteiger partial charge in [-0.1, -0.05) is 19.1 Å². The molecule has 0 radical (unpaired) electrons. The SMILES string of the molecule is CCc1ccc(N2C(=O)N(CC(N)=O)C3CS(=O)(=O)CC32)cc1. The first-order chi connectivity index (χ1) is 10.8. The summed E-state index contributed by atoms with van der Waals surface area (Å²) in [4.78, 5) is 26.7. The lowest BCUT2D eigenvalue weighted by molar-refractivity contribution is -0.118. The third-order valence-electron chi connectivity index (χ3n) is 4.43. The van der Waals surface area contributed by atoms with E-state index in [1.165, 1.54) is 9.80 Å². The molecule has 124 valence electrons. The average molecular weight is 337 g/mol. The zero-order chi connectivity index (χ0) is 16.8. The largest absolute Gasteiger partial charge is 0.368 e. The predicted molar refractivity (Wildman–Crippen MR) is 85.8 cm³/mol. The zero-order valence-electron chi connectivity index (χ0n) is 12.8. The number of primary amides is 1. The maximum absolute atomic E-state index is 12.7.